The van der Waals surface area contributed by atoms with Gasteiger partial charge in [0.2, 0.25) is 0 Å². The van der Waals surface area contributed by atoms with Crippen LogP contribution in [-0.4, -0.2) is 16.6 Å². The lowest BCUT2D eigenvalue weighted by molar-refractivity contribution is 0.340. The number of hydrogen-bond donors (Lipinski definition) is 1. The Labute approximate surface area is 94.1 Å². The van der Waals surface area contributed by atoms with E-state index in [-0.39, 0.29) is 0 Å². The van der Waals surface area contributed by atoms with Crippen LogP contribution in [-0.2, 0) is 0 Å². The Bertz CT molecular complexity index is 468. The van der Waals surface area contributed by atoms with E-state index in [2.05, 4.69) is 9.97 Å². The summed E-state index contributed by atoms with van der Waals surface area (Å²) < 4.78 is 5.41. The molecule has 1 heterocycles. The van der Waals surface area contributed by atoms with Crippen LogP contribution in [0.5, 0.6) is 5.75 Å². The lowest BCUT2D eigenvalue weighted by atomic mass is 10.2. The van der Waals surface area contributed by atoms with Gasteiger partial charge in [-0.2, -0.15) is 0 Å². The number of benzene rings is 1. The third kappa shape index (κ3) is 2.28. The van der Waals surface area contributed by atoms with E-state index in [1.54, 1.807) is 12.4 Å². The van der Waals surface area contributed by atoms with Gasteiger partial charge in [-0.1, -0.05) is 12.1 Å². The molecule has 0 radical (unpaired) electrons. The van der Waals surface area contributed by atoms with Gasteiger partial charge >= 0.3 is 0 Å². The molecule has 1 aromatic heterocycles. The molecule has 2 aromatic rings. The summed E-state index contributed by atoms with van der Waals surface area (Å²) in [5.74, 6) is 1.47. The Balaban J connectivity index is 2.32. The lowest BCUT2D eigenvalue weighted by Crippen LogP contribution is -1.94. The summed E-state index contributed by atoms with van der Waals surface area (Å²) in [4.78, 5) is 8.32. The fourth-order valence-electron chi connectivity index (χ4n) is 1.38. The zero-order chi connectivity index (χ0) is 11.4. The van der Waals surface area contributed by atoms with Gasteiger partial charge in [0, 0.05) is 5.56 Å². The maximum atomic E-state index is 5.53. The predicted octanol–water partition coefficient (Wildman–Crippen LogP) is 2.12. The van der Waals surface area contributed by atoms with Crippen LogP contribution in [0.25, 0.3) is 11.4 Å². The first-order chi connectivity index (χ1) is 7.79. The molecule has 82 valence electrons. The minimum Gasteiger partial charge on any atom is -0.494 e. The first kappa shape index (κ1) is 10.4. The van der Waals surface area contributed by atoms with E-state index in [1.165, 1.54) is 0 Å². The SMILES string of the molecule is CCOc1cccc(-c2ncc(N)cn2)c1. The van der Waals surface area contributed by atoms with Gasteiger partial charge in [0.05, 0.1) is 24.7 Å². The molecule has 4 heteroatoms. The van der Waals surface area contributed by atoms with Crippen molar-refractivity contribution in [1.29, 1.82) is 0 Å². The Morgan fingerprint density at radius 1 is 1.25 bits per heavy atom. The second-order valence-electron chi connectivity index (χ2n) is 3.30. The van der Waals surface area contributed by atoms with Crippen molar-refractivity contribution < 1.29 is 4.74 Å². The standard InChI is InChI=1S/C12H13N3O/c1-2-16-11-5-3-4-9(6-11)12-14-7-10(13)8-15-12/h3-8H,2,13H2,1H3. The predicted molar refractivity (Wildman–Crippen MR) is 63.0 cm³/mol. The van der Waals surface area contributed by atoms with Gasteiger partial charge in [-0.25, -0.2) is 9.97 Å². The smallest absolute Gasteiger partial charge is 0.159 e. The van der Waals surface area contributed by atoms with Crippen LogP contribution in [0.1, 0.15) is 6.92 Å². The minimum atomic E-state index is 0.560. The van der Waals surface area contributed by atoms with Gasteiger partial charge in [0.15, 0.2) is 5.82 Å². The molecule has 4 nitrogen and oxygen atoms in total. The van der Waals surface area contributed by atoms with Crippen LogP contribution < -0.4 is 10.5 Å². The number of nitrogen functional groups attached to an aromatic ring is 1. The highest BCUT2D eigenvalue weighted by Gasteiger charge is 2.02. The van der Waals surface area contributed by atoms with Crippen molar-refractivity contribution >= 4 is 5.69 Å². The van der Waals surface area contributed by atoms with Crippen molar-refractivity contribution in [1.82, 2.24) is 9.97 Å². The molecule has 0 bridgehead atoms. The lowest BCUT2D eigenvalue weighted by Gasteiger charge is -2.05. The first-order valence-corrected chi connectivity index (χ1v) is 5.10. The quantitative estimate of drug-likeness (QED) is 0.851. The highest BCUT2D eigenvalue weighted by atomic mass is 16.5. The molecule has 0 saturated heterocycles. The molecule has 0 amide bonds. The number of nitrogens with two attached hydrogens (primary N) is 1. The van der Waals surface area contributed by atoms with Crippen molar-refractivity contribution in [3.8, 4) is 17.1 Å². The summed E-state index contributed by atoms with van der Waals surface area (Å²) in [6, 6.07) is 7.67. The monoisotopic (exact) mass is 215 g/mol. The highest BCUT2D eigenvalue weighted by Crippen LogP contribution is 2.20. The fraction of sp³-hybridized carbons (Fsp3) is 0.167. The van der Waals surface area contributed by atoms with E-state index in [0.717, 1.165) is 11.3 Å². The van der Waals surface area contributed by atoms with Gasteiger partial charge in [-0.3, -0.25) is 0 Å². The third-order valence-electron chi connectivity index (χ3n) is 2.08. The summed E-state index contributed by atoms with van der Waals surface area (Å²) in [5, 5.41) is 0. The van der Waals surface area contributed by atoms with Crippen molar-refractivity contribution in [2.75, 3.05) is 12.3 Å². The van der Waals surface area contributed by atoms with E-state index < -0.39 is 0 Å². The van der Waals surface area contributed by atoms with Gasteiger partial charge < -0.3 is 10.5 Å². The van der Waals surface area contributed by atoms with Crippen LogP contribution in [0.3, 0.4) is 0 Å². The van der Waals surface area contributed by atoms with E-state index in [1.807, 2.05) is 31.2 Å². The molecule has 2 N–H and O–H groups in total. The van der Waals surface area contributed by atoms with Gasteiger partial charge in [-0.15, -0.1) is 0 Å². The summed E-state index contributed by atoms with van der Waals surface area (Å²) in [6.45, 7) is 2.60. The van der Waals surface area contributed by atoms with Crippen LogP contribution in [0.15, 0.2) is 36.7 Å². The molecule has 16 heavy (non-hydrogen) atoms. The number of hydrogen-bond acceptors (Lipinski definition) is 4. The molecule has 0 aliphatic heterocycles. The molecule has 0 atom stereocenters. The largest absolute Gasteiger partial charge is 0.494 e. The highest BCUT2D eigenvalue weighted by molar-refractivity contribution is 5.58. The average Bonchev–Trinajstić information content (AvgIpc) is 2.31. The zero-order valence-corrected chi connectivity index (χ0v) is 9.05. The van der Waals surface area contributed by atoms with Crippen LogP contribution in [0.2, 0.25) is 0 Å². The summed E-state index contributed by atoms with van der Waals surface area (Å²) >= 11 is 0. The van der Waals surface area contributed by atoms with Gasteiger partial charge in [0.1, 0.15) is 5.75 Å². The molecule has 0 aliphatic rings. The number of anilines is 1. The van der Waals surface area contributed by atoms with E-state index >= 15 is 0 Å². The molecule has 2 rings (SSSR count). The molecular formula is C12H13N3O. The maximum Gasteiger partial charge on any atom is 0.159 e. The van der Waals surface area contributed by atoms with E-state index in [4.69, 9.17) is 10.5 Å². The number of rotatable bonds is 3. The van der Waals surface area contributed by atoms with Gasteiger partial charge in [0.25, 0.3) is 0 Å². The van der Waals surface area contributed by atoms with Crippen LogP contribution >= 0.6 is 0 Å². The van der Waals surface area contributed by atoms with E-state index in [0.29, 0.717) is 18.1 Å². The zero-order valence-electron chi connectivity index (χ0n) is 9.05. The summed E-state index contributed by atoms with van der Waals surface area (Å²) in [5.41, 5.74) is 7.01. The summed E-state index contributed by atoms with van der Waals surface area (Å²) in [6.07, 6.45) is 3.19. The second kappa shape index (κ2) is 4.61. The molecule has 0 saturated carbocycles. The molecule has 0 fully saturated rings. The number of aromatic nitrogens is 2. The maximum absolute atomic E-state index is 5.53. The average molecular weight is 215 g/mol. The molecule has 0 aliphatic carbocycles. The van der Waals surface area contributed by atoms with Crippen LogP contribution in [0.4, 0.5) is 5.69 Å². The van der Waals surface area contributed by atoms with Gasteiger partial charge in [-0.05, 0) is 19.1 Å². The molecule has 0 spiro atoms. The van der Waals surface area contributed by atoms with Crippen molar-refractivity contribution in [3.63, 3.8) is 0 Å². The Hall–Kier alpha value is -2.10. The Morgan fingerprint density at radius 2 is 2.00 bits per heavy atom. The molecular weight excluding hydrogens is 202 g/mol. The normalized spacial score (nSPS) is 10.1. The van der Waals surface area contributed by atoms with Crippen molar-refractivity contribution in [2.24, 2.45) is 0 Å². The Kier molecular flexibility index (Phi) is 3.00. The number of nitrogens with zero attached hydrogens (tertiary/aromatic N) is 2. The minimum absolute atomic E-state index is 0.560. The third-order valence-corrected chi connectivity index (χ3v) is 2.08. The molecule has 1 aromatic carbocycles. The second-order valence-corrected chi connectivity index (χ2v) is 3.30. The van der Waals surface area contributed by atoms with E-state index in [9.17, 15) is 0 Å². The Morgan fingerprint density at radius 3 is 2.69 bits per heavy atom. The van der Waals surface area contributed by atoms with Crippen molar-refractivity contribution in [3.05, 3.63) is 36.7 Å². The fourth-order valence-corrected chi connectivity index (χ4v) is 1.38. The first-order valence-electron chi connectivity index (χ1n) is 5.10. The van der Waals surface area contributed by atoms with Crippen molar-refractivity contribution in [2.45, 2.75) is 6.92 Å². The van der Waals surface area contributed by atoms with Crippen LogP contribution in [0, 0.1) is 0 Å². The summed E-state index contributed by atoms with van der Waals surface area (Å²) in [7, 11) is 0. The molecule has 0 unspecified atom stereocenters. The number of ether oxygens (including phenoxy) is 1. The topological polar surface area (TPSA) is 61.0 Å².